The minimum Gasteiger partial charge on any atom is -0.361 e. The SMILES string of the molecule is Cc1ccc(Nc2cc(N3CCN(C(=O)CCc4c(C)noc4C)CC3)nc(C)n2)cc1. The first-order chi connectivity index (χ1) is 15.4. The molecule has 1 N–H and O–H groups in total. The molecule has 32 heavy (non-hydrogen) atoms. The van der Waals surface area contributed by atoms with Crippen LogP contribution in [-0.4, -0.2) is 52.1 Å². The Morgan fingerprint density at radius 1 is 1.03 bits per heavy atom. The lowest BCUT2D eigenvalue weighted by Crippen LogP contribution is -2.49. The van der Waals surface area contributed by atoms with Gasteiger partial charge in [0.1, 0.15) is 23.2 Å². The maximum absolute atomic E-state index is 12.7. The van der Waals surface area contributed by atoms with E-state index in [1.807, 2.05) is 43.9 Å². The number of aromatic nitrogens is 3. The first-order valence-electron chi connectivity index (χ1n) is 11.0. The Balaban J connectivity index is 1.35. The minimum atomic E-state index is 0.172. The second-order valence-corrected chi connectivity index (χ2v) is 8.32. The van der Waals surface area contributed by atoms with Gasteiger partial charge in [-0.3, -0.25) is 4.79 Å². The average Bonchev–Trinajstić information content (AvgIpc) is 3.10. The molecular weight excluding hydrogens is 404 g/mol. The van der Waals surface area contributed by atoms with Gasteiger partial charge < -0.3 is 19.6 Å². The van der Waals surface area contributed by atoms with Crippen molar-refractivity contribution < 1.29 is 9.32 Å². The number of rotatable bonds is 6. The van der Waals surface area contributed by atoms with Crippen LogP contribution >= 0.6 is 0 Å². The second-order valence-electron chi connectivity index (χ2n) is 8.32. The highest BCUT2D eigenvalue weighted by Crippen LogP contribution is 2.22. The van der Waals surface area contributed by atoms with Crippen LogP contribution in [0.2, 0.25) is 0 Å². The number of nitrogens with one attached hydrogen (secondary N) is 1. The molecular formula is C24H30N6O2. The molecule has 0 unspecified atom stereocenters. The van der Waals surface area contributed by atoms with Crippen molar-refractivity contribution in [3.05, 3.63) is 58.7 Å². The normalized spacial score (nSPS) is 14.0. The molecule has 0 atom stereocenters. The molecule has 1 aliphatic heterocycles. The highest BCUT2D eigenvalue weighted by molar-refractivity contribution is 5.77. The molecule has 4 rings (SSSR count). The molecule has 8 heteroatoms. The van der Waals surface area contributed by atoms with Gasteiger partial charge in [-0.15, -0.1) is 0 Å². The van der Waals surface area contributed by atoms with Gasteiger partial charge in [-0.1, -0.05) is 22.9 Å². The van der Waals surface area contributed by atoms with E-state index >= 15 is 0 Å². The highest BCUT2D eigenvalue weighted by Gasteiger charge is 2.23. The van der Waals surface area contributed by atoms with Crippen LogP contribution in [0.25, 0.3) is 0 Å². The average molecular weight is 435 g/mol. The predicted molar refractivity (Wildman–Crippen MR) is 124 cm³/mol. The molecule has 0 radical (unpaired) electrons. The van der Waals surface area contributed by atoms with Crippen LogP contribution in [0.5, 0.6) is 0 Å². The Labute approximate surface area is 188 Å². The van der Waals surface area contributed by atoms with Gasteiger partial charge in [0.05, 0.1) is 5.69 Å². The molecule has 1 aromatic carbocycles. The lowest BCUT2D eigenvalue weighted by molar-refractivity contribution is -0.131. The van der Waals surface area contributed by atoms with Crippen molar-refractivity contribution in [2.24, 2.45) is 0 Å². The quantitative estimate of drug-likeness (QED) is 0.633. The summed E-state index contributed by atoms with van der Waals surface area (Å²) in [4.78, 5) is 26.0. The van der Waals surface area contributed by atoms with Crippen molar-refractivity contribution in [3.63, 3.8) is 0 Å². The summed E-state index contributed by atoms with van der Waals surface area (Å²) >= 11 is 0. The maximum atomic E-state index is 12.7. The zero-order valence-corrected chi connectivity index (χ0v) is 19.2. The summed E-state index contributed by atoms with van der Waals surface area (Å²) in [6.07, 6.45) is 1.14. The van der Waals surface area contributed by atoms with Crippen molar-refractivity contribution in [2.45, 2.75) is 40.5 Å². The smallest absolute Gasteiger partial charge is 0.223 e. The van der Waals surface area contributed by atoms with E-state index in [-0.39, 0.29) is 5.91 Å². The van der Waals surface area contributed by atoms with Gasteiger partial charge in [-0.05, 0) is 46.2 Å². The standard InChI is InChI=1S/C24H30N6O2/c1-16-5-7-20(8-6-16)27-22-15-23(26-19(4)25-22)29-11-13-30(14-12-29)24(31)10-9-21-17(2)28-32-18(21)3/h5-8,15H,9-14H2,1-4H3,(H,25,26,27). The van der Waals surface area contributed by atoms with Crippen LogP contribution < -0.4 is 10.2 Å². The van der Waals surface area contributed by atoms with Crippen LogP contribution in [0.15, 0.2) is 34.9 Å². The van der Waals surface area contributed by atoms with Crippen molar-refractivity contribution in [1.82, 2.24) is 20.0 Å². The van der Waals surface area contributed by atoms with Gasteiger partial charge in [0, 0.05) is 49.9 Å². The van der Waals surface area contributed by atoms with Crippen molar-refractivity contribution in [1.29, 1.82) is 0 Å². The van der Waals surface area contributed by atoms with Gasteiger partial charge in [0.15, 0.2) is 0 Å². The summed E-state index contributed by atoms with van der Waals surface area (Å²) in [6.45, 7) is 10.6. The summed E-state index contributed by atoms with van der Waals surface area (Å²) in [6, 6.07) is 10.2. The monoisotopic (exact) mass is 434 g/mol. The van der Waals surface area contributed by atoms with E-state index < -0.39 is 0 Å². The van der Waals surface area contributed by atoms with Gasteiger partial charge in [0.2, 0.25) is 5.91 Å². The molecule has 1 amide bonds. The zero-order valence-electron chi connectivity index (χ0n) is 19.2. The maximum Gasteiger partial charge on any atom is 0.223 e. The van der Waals surface area contributed by atoms with Crippen molar-refractivity contribution in [2.75, 3.05) is 36.4 Å². The summed E-state index contributed by atoms with van der Waals surface area (Å²) < 4.78 is 5.20. The Bertz CT molecular complexity index is 1060. The molecule has 8 nitrogen and oxygen atoms in total. The van der Waals surface area contributed by atoms with Gasteiger partial charge in [0.25, 0.3) is 0 Å². The van der Waals surface area contributed by atoms with Crippen LogP contribution in [0, 0.1) is 27.7 Å². The van der Waals surface area contributed by atoms with E-state index in [2.05, 4.69) is 44.4 Å². The minimum absolute atomic E-state index is 0.172. The molecule has 1 aliphatic rings. The number of carbonyl (C=O) groups excluding carboxylic acids is 1. The van der Waals surface area contributed by atoms with Crippen LogP contribution in [0.1, 0.15) is 34.8 Å². The van der Waals surface area contributed by atoms with Gasteiger partial charge >= 0.3 is 0 Å². The van der Waals surface area contributed by atoms with E-state index in [4.69, 9.17) is 4.52 Å². The Morgan fingerprint density at radius 3 is 2.41 bits per heavy atom. The number of aryl methyl sites for hydroxylation is 4. The number of piperazine rings is 1. The third-order valence-electron chi connectivity index (χ3n) is 5.87. The molecule has 0 aliphatic carbocycles. The van der Waals surface area contributed by atoms with E-state index in [1.165, 1.54) is 5.56 Å². The Morgan fingerprint density at radius 2 is 1.75 bits per heavy atom. The van der Waals surface area contributed by atoms with E-state index in [0.29, 0.717) is 25.9 Å². The molecule has 1 fully saturated rings. The first-order valence-corrected chi connectivity index (χ1v) is 11.0. The fourth-order valence-electron chi connectivity index (χ4n) is 4.00. The molecule has 0 spiro atoms. The number of anilines is 3. The Kier molecular flexibility index (Phi) is 6.39. The number of carbonyl (C=O) groups is 1. The molecule has 0 saturated carbocycles. The highest BCUT2D eigenvalue weighted by atomic mass is 16.5. The Hall–Kier alpha value is -3.42. The topological polar surface area (TPSA) is 87.4 Å². The largest absolute Gasteiger partial charge is 0.361 e. The third kappa shape index (κ3) is 5.07. The zero-order chi connectivity index (χ0) is 22.7. The van der Waals surface area contributed by atoms with Gasteiger partial charge in [-0.25, -0.2) is 9.97 Å². The molecule has 168 valence electrons. The number of hydrogen-bond donors (Lipinski definition) is 1. The molecule has 2 aromatic heterocycles. The lowest BCUT2D eigenvalue weighted by Gasteiger charge is -2.35. The summed E-state index contributed by atoms with van der Waals surface area (Å²) in [5.41, 5.74) is 4.12. The fraction of sp³-hybridized carbons (Fsp3) is 0.417. The molecule has 3 heterocycles. The van der Waals surface area contributed by atoms with Gasteiger partial charge in [-0.2, -0.15) is 0 Å². The van der Waals surface area contributed by atoms with Crippen molar-refractivity contribution in [3.8, 4) is 0 Å². The number of hydrogen-bond acceptors (Lipinski definition) is 7. The molecule has 3 aromatic rings. The van der Waals surface area contributed by atoms with E-state index in [0.717, 1.165) is 53.3 Å². The van der Waals surface area contributed by atoms with Crippen LogP contribution in [0.4, 0.5) is 17.3 Å². The first kappa shape index (κ1) is 21.8. The fourth-order valence-corrected chi connectivity index (χ4v) is 4.00. The summed E-state index contributed by atoms with van der Waals surface area (Å²) in [5, 5.41) is 7.33. The lowest BCUT2D eigenvalue weighted by atomic mass is 10.1. The number of benzene rings is 1. The van der Waals surface area contributed by atoms with E-state index in [9.17, 15) is 4.79 Å². The van der Waals surface area contributed by atoms with Crippen molar-refractivity contribution >= 4 is 23.2 Å². The van der Waals surface area contributed by atoms with E-state index in [1.54, 1.807) is 0 Å². The number of nitrogens with zero attached hydrogens (tertiary/aromatic N) is 5. The summed E-state index contributed by atoms with van der Waals surface area (Å²) in [7, 11) is 0. The second kappa shape index (κ2) is 9.38. The summed E-state index contributed by atoms with van der Waals surface area (Å²) in [5.74, 6) is 3.35. The van der Waals surface area contributed by atoms with Crippen LogP contribution in [-0.2, 0) is 11.2 Å². The van der Waals surface area contributed by atoms with Crippen LogP contribution in [0.3, 0.4) is 0 Å². The number of amides is 1. The molecule has 0 bridgehead atoms. The molecule has 1 saturated heterocycles. The third-order valence-corrected chi connectivity index (χ3v) is 5.87. The predicted octanol–water partition coefficient (Wildman–Crippen LogP) is 3.72.